The number of nitrogens with zero attached hydrogens (tertiary/aromatic N) is 1. The number of aryl methyl sites for hydroxylation is 1. The van der Waals surface area contributed by atoms with Gasteiger partial charge in [-0.2, -0.15) is 0 Å². The molecule has 4 rings (SSSR count). The molecule has 1 saturated heterocycles. The smallest absolute Gasteiger partial charge is 0.410 e. The highest BCUT2D eigenvalue weighted by molar-refractivity contribution is 5.71. The van der Waals surface area contributed by atoms with E-state index in [1.807, 2.05) is 4.90 Å². The van der Waals surface area contributed by atoms with Crippen molar-refractivity contribution in [1.29, 1.82) is 0 Å². The predicted octanol–water partition coefficient (Wildman–Crippen LogP) is 6.12. The zero-order valence-electron chi connectivity index (χ0n) is 20.0. The van der Waals surface area contributed by atoms with E-state index < -0.39 is 0 Å². The Labute approximate surface area is 192 Å². The molecule has 0 aromatic heterocycles. The summed E-state index contributed by atoms with van der Waals surface area (Å²) in [5, 5.41) is 0. The Morgan fingerprint density at radius 1 is 1.09 bits per heavy atom. The van der Waals surface area contributed by atoms with Crippen molar-refractivity contribution in [2.75, 3.05) is 13.2 Å². The maximum atomic E-state index is 12.7. The molecule has 2 aromatic rings. The third kappa shape index (κ3) is 5.01. The highest BCUT2D eigenvalue weighted by atomic mass is 16.6. The van der Waals surface area contributed by atoms with Crippen molar-refractivity contribution in [1.82, 2.24) is 4.90 Å². The first-order valence-corrected chi connectivity index (χ1v) is 12.1. The van der Waals surface area contributed by atoms with Gasteiger partial charge >= 0.3 is 6.09 Å². The average Bonchev–Trinajstić information content (AvgIpc) is 3.35. The molecule has 0 unspecified atom stereocenters. The Balaban J connectivity index is 1.32. The van der Waals surface area contributed by atoms with Crippen LogP contribution in [0.15, 0.2) is 48.5 Å². The van der Waals surface area contributed by atoms with Gasteiger partial charge in [0.25, 0.3) is 0 Å². The highest BCUT2D eigenvalue weighted by Gasteiger charge is 2.42. The summed E-state index contributed by atoms with van der Waals surface area (Å²) in [5.41, 5.74) is 5.25. The number of benzene rings is 2. The lowest BCUT2D eigenvalue weighted by Gasteiger charge is -2.35. The topological polar surface area (TPSA) is 38.8 Å². The van der Waals surface area contributed by atoms with E-state index in [-0.39, 0.29) is 23.8 Å². The van der Waals surface area contributed by atoms with Gasteiger partial charge in [0.05, 0.1) is 19.3 Å². The van der Waals surface area contributed by atoms with Crippen LogP contribution >= 0.6 is 0 Å². The van der Waals surface area contributed by atoms with Crippen LogP contribution in [0.5, 0.6) is 0 Å². The number of hydrogen-bond acceptors (Lipinski definition) is 3. The van der Waals surface area contributed by atoms with Gasteiger partial charge in [-0.25, -0.2) is 4.79 Å². The summed E-state index contributed by atoms with van der Waals surface area (Å²) in [6.45, 7) is 9.64. The molecule has 2 aromatic carbocycles. The van der Waals surface area contributed by atoms with Gasteiger partial charge < -0.3 is 9.47 Å². The molecule has 32 heavy (non-hydrogen) atoms. The maximum Gasteiger partial charge on any atom is 0.410 e. The van der Waals surface area contributed by atoms with Crippen molar-refractivity contribution in [3.8, 4) is 0 Å². The zero-order chi connectivity index (χ0) is 22.7. The van der Waals surface area contributed by atoms with E-state index in [4.69, 9.17) is 9.47 Å². The van der Waals surface area contributed by atoms with E-state index in [1.54, 1.807) is 0 Å². The van der Waals surface area contributed by atoms with Crippen LogP contribution in [-0.4, -0.2) is 35.8 Å². The van der Waals surface area contributed by atoms with Crippen LogP contribution in [0, 0.1) is 5.92 Å². The SMILES string of the molecule is CCCc1ccccc1[C@@H](C)OC[C@H]1CN(C(C)(C)CC2Cc3ccccc3C2)C(=O)O1. The molecule has 4 nitrogen and oxygen atoms in total. The second-order valence-electron chi connectivity index (χ2n) is 10.1. The minimum atomic E-state index is -0.238. The van der Waals surface area contributed by atoms with Gasteiger partial charge in [-0.3, -0.25) is 4.90 Å². The van der Waals surface area contributed by atoms with Crippen LogP contribution < -0.4 is 0 Å². The summed E-state index contributed by atoms with van der Waals surface area (Å²) in [6.07, 6.45) is 4.89. The molecule has 0 bridgehead atoms. The predicted molar refractivity (Wildman–Crippen MR) is 128 cm³/mol. The standard InChI is InChI=1S/C28H37NO3/c1-5-10-22-11-8-9-14-26(22)20(2)31-19-25-18-29(27(30)32-25)28(3,4)17-21-15-23-12-6-7-13-24(23)16-21/h6-9,11-14,20-21,25H,5,10,15-19H2,1-4H3/t20-,25-/m1/s1. The Morgan fingerprint density at radius 3 is 2.44 bits per heavy atom. The molecule has 2 atom stereocenters. The molecule has 1 heterocycles. The monoisotopic (exact) mass is 435 g/mol. The number of carbonyl (C=O) groups is 1. The molecule has 1 aliphatic heterocycles. The Morgan fingerprint density at radius 2 is 1.75 bits per heavy atom. The fraction of sp³-hybridized carbons (Fsp3) is 0.536. The molecule has 0 N–H and O–H groups in total. The van der Waals surface area contributed by atoms with Crippen LogP contribution in [-0.2, 0) is 28.7 Å². The lowest BCUT2D eigenvalue weighted by molar-refractivity contribution is 0.00625. The minimum absolute atomic E-state index is 0.0181. The van der Waals surface area contributed by atoms with Crippen LogP contribution in [0.25, 0.3) is 0 Å². The van der Waals surface area contributed by atoms with Gasteiger partial charge in [-0.1, -0.05) is 61.9 Å². The second-order valence-corrected chi connectivity index (χ2v) is 10.1. The summed E-state index contributed by atoms with van der Waals surface area (Å²) < 4.78 is 11.9. The number of fused-ring (bicyclic) bond motifs is 1. The quantitative estimate of drug-likeness (QED) is 0.476. The number of amides is 1. The summed E-state index contributed by atoms with van der Waals surface area (Å²) >= 11 is 0. The molecule has 1 amide bonds. The van der Waals surface area contributed by atoms with Crippen LogP contribution in [0.1, 0.15) is 68.9 Å². The van der Waals surface area contributed by atoms with E-state index in [9.17, 15) is 4.79 Å². The first-order chi connectivity index (χ1) is 15.4. The molecule has 0 radical (unpaired) electrons. The average molecular weight is 436 g/mol. The van der Waals surface area contributed by atoms with Crippen molar-refractivity contribution in [2.45, 2.75) is 77.5 Å². The molecular formula is C28H37NO3. The summed E-state index contributed by atoms with van der Waals surface area (Å²) in [4.78, 5) is 14.6. The van der Waals surface area contributed by atoms with Crippen LogP contribution in [0.2, 0.25) is 0 Å². The fourth-order valence-corrected chi connectivity index (χ4v) is 5.48. The van der Waals surface area contributed by atoms with Crippen LogP contribution in [0.4, 0.5) is 4.79 Å². The number of carbonyl (C=O) groups excluding carboxylic acids is 1. The number of cyclic esters (lactones) is 1. The van der Waals surface area contributed by atoms with E-state index >= 15 is 0 Å². The first kappa shape index (κ1) is 22.8. The molecule has 0 saturated carbocycles. The van der Waals surface area contributed by atoms with Crippen molar-refractivity contribution < 1.29 is 14.3 Å². The summed E-state index contributed by atoms with van der Waals surface area (Å²) in [5.74, 6) is 0.570. The summed E-state index contributed by atoms with van der Waals surface area (Å²) in [7, 11) is 0. The van der Waals surface area contributed by atoms with E-state index in [0.29, 0.717) is 19.1 Å². The number of ether oxygens (including phenoxy) is 2. The van der Waals surface area contributed by atoms with Gasteiger partial charge in [0.15, 0.2) is 0 Å². The van der Waals surface area contributed by atoms with Gasteiger partial charge in [-0.05, 0) is 74.6 Å². The second kappa shape index (κ2) is 9.66. The third-order valence-corrected chi connectivity index (χ3v) is 7.07. The van der Waals surface area contributed by atoms with Crippen molar-refractivity contribution in [3.05, 3.63) is 70.8 Å². The molecule has 2 aliphatic rings. The van der Waals surface area contributed by atoms with E-state index in [0.717, 1.165) is 32.1 Å². The molecule has 4 heteroatoms. The molecule has 1 fully saturated rings. The zero-order valence-corrected chi connectivity index (χ0v) is 20.0. The van der Waals surface area contributed by atoms with E-state index in [2.05, 4.69) is 76.2 Å². The Kier molecular flexibility index (Phi) is 6.90. The largest absolute Gasteiger partial charge is 0.442 e. The van der Waals surface area contributed by atoms with Gasteiger partial charge in [0.2, 0.25) is 0 Å². The van der Waals surface area contributed by atoms with Gasteiger partial charge in [0, 0.05) is 5.54 Å². The normalized spacial score (nSPS) is 19.8. The highest BCUT2D eigenvalue weighted by Crippen LogP contribution is 2.36. The fourth-order valence-electron chi connectivity index (χ4n) is 5.48. The maximum absolute atomic E-state index is 12.7. The van der Waals surface area contributed by atoms with Gasteiger partial charge in [-0.15, -0.1) is 0 Å². The van der Waals surface area contributed by atoms with E-state index in [1.165, 1.54) is 22.3 Å². The summed E-state index contributed by atoms with van der Waals surface area (Å²) in [6, 6.07) is 17.2. The number of rotatable bonds is 9. The minimum Gasteiger partial charge on any atom is -0.442 e. The lowest BCUT2D eigenvalue weighted by atomic mass is 9.87. The molecule has 172 valence electrons. The van der Waals surface area contributed by atoms with Gasteiger partial charge in [0.1, 0.15) is 6.10 Å². The van der Waals surface area contributed by atoms with Crippen molar-refractivity contribution in [2.24, 2.45) is 5.92 Å². The number of hydrogen-bond donors (Lipinski definition) is 0. The molecule has 1 aliphatic carbocycles. The van der Waals surface area contributed by atoms with Crippen molar-refractivity contribution in [3.63, 3.8) is 0 Å². The first-order valence-electron chi connectivity index (χ1n) is 12.1. The molecule has 0 spiro atoms. The Bertz CT molecular complexity index is 913. The third-order valence-electron chi connectivity index (χ3n) is 7.07. The van der Waals surface area contributed by atoms with Crippen molar-refractivity contribution >= 4 is 6.09 Å². The lowest BCUT2D eigenvalue weighted by Crippen LogP contribution is -2.46. The Hall–Kier alpha value is -2.33. The van der Waals surface area contributed by atoms with Crippen LogP contribution in [0.3, 0.4) is 0 Å². The molecular weight excluding hydrogens is 398 g/mol.